The molecular weight excluding hydrogens is 274 g/mol. The molecule has 1 saturated heterocycles. The molecule has 20 heavy (non-hydrogen) atoms. The Balaban J connectivity index is 1.99. The van der Waals surface area contributed by atoms with Crippen molar-refractivity contribution in [1.82, 2.24) is 9.29 Å². The van der Waals surface area contributed by atoms with Gasteiger partial charge in [-0.2, -0.15) is 0 Å². The second-order valence-corrected chi connectivity index (χ2v) is 7.61. The van der Waals surface area contributed by atoms with Crippen molar-refractivity contribution in [2.24, 2.45) is 0 Å². The standard InChI is InChI=1S/C14H23N3O2S/c1-4-20(18,19)16(3)13-6-9-17(10-7-13)14-5-8-15-12(2)11-14/h5,8,11,13H,4,6-7,9-10H2,1-3H3. The van der Waals surface area contributed by atoms with Gasteiger partial charge in [-0.25, -0.2) is 12.7 Å². The van der Waals surface area contributed by atoms with E-state index in [-0.39, 0.29) is 11.8 Å². The molecule has 1 aromatic heterocycles. The third-order valence-electron chi connectivity index (χ3n) is 4.03. The van der Waals surface area contributed by atoms with Crippen molar-refractivity contribution in [3.8, 4) is 0 Å². The van der Waals surface area contributed by atoms with E-state index >= 15 is 0 Å². The highest BCUT2D eigenvalue weighted by molar-refractivity contribution is 7.89. The Kier molecular flexibility index (Phi) is 4.65. The van der Waals surface area contributed by atoms with Gasteiger partial charge in [-0.1, -0.05) is 0 Å². The van der Waals surface area contributed by atoms with E-state index in [0.717, 1.165) is 31.6 Å². The van der Waals surface area contributed by atoms with Crippen LogP contribution in [0.15, 0.2) is 18.3 Å². The van der Waals surface area contributed by atoms with Gasteiger partial charge in [0.25, 0.3) is 0 Å². The largest absolute Gasteiger partial charge is 0.371 e. The number of piperidine rings is 1. The van der Waals surface area contributed by atoms with Crippen LogP contribution in [-0.4, -0.2) is 49.6 Å². The summed E-state index contributed by atoms with van der Waals surface area (Å²) in [5.41, 5.74) is 2.19. The van der Waals surface area contributed by atoms with E-state index < -0.39 is 10.0 Å². The first-order valence-electron chi connectivity index (χ1n) is 7.07. The Morgan fingerprint density at radius 1 is 1.40 bits per heavy atom. The second-order valence-electron chi connectivity index (χ2n) is 5.29. The van der Waals surface area contributed by atoms with Gasteiger partial charge in [0, 0.05) is 43.8 Å². The molecule has 6 heteroatoms. The van der Waals surface area contributed by atoms with Gasteiger partial charge in [0.15, 0.2) is 0 Å². The number of sulfonamides is 1. The van der Waals surface area contributed by atoms with Crippen LogP contribution in [0.4, 0.5) is 5.69 Å². The molecule has 0 saturated carbocycles. The summed E-state index contributed by atoms with van der Waals surface area (Å²) in [6, 6.07) is 4.21. The van der Waals surface area contributed by atoms with Crippen LogP contribution in [-0.2, 0) is 10.0 Å². The van der Waals surface area contributed by atoms with Crippen molar-refractivity contribution < 1.29 is 8.42 Å². The van der Waals surface area contributed by atoms with Crippen molar-refractivity contribution >= 4 is 15.7 Å². The van der Waals surface area contributed by atoms with Crippen molar-refractivity contribution in [3.63, 3.8) is 0 Å². The van der Waals surface area contributed by atoms with E-state index in [1.54, 1.807) is 18.3 Å². The maximum absolute atomic E-state index is 11.9. The van der Waals surface area contributed by atoms with Crippen molar-refractivity contribution in [1.29, 1.82) is 0 Å². The number of nitrogens with zero attached hydrogens (tertiary/aromatic N) is 3. The van der Waals surface area contributed by atoms with Crippen LogP contribution in [0.3, 0.4) is 0 Å². The number of hydrogen-bond donors (Lipinski definition) is 0. The maximum Gasteiger partial charge on any atom is 0.213 e. The van der Waals surface area contributed by atoms with E-state index in [2.05, 4.69) is 16.0 Å². The molecule has 112 valence electrons. The van der Waals surface area contributed by atoms with Crippen LogP contribution in [0.1, 0.15) is 25.5 Å². The van der Waals surface area contributed by atoms with Gasteiger partial charge in [-0.3, -0.25) is 4.98 Å². The lowest BCUT2D eigenvalue weighted by atomic mass is 10.0. The fourth-order valence-corrected chi connectivity index (χ4v) is 3.72. The predicted molar refractivity (Wildman–Crippen MR) is 81.4 cm³/mol. The van der Waals surface area contributed by atoms with Crippen LogP contribution in [0.25, 0.3) is 0 Å². The first kappa shape index (κ1) is 15.3. The summed E-state index contributed by atoms with van der Waals surface area (Å²) < 4.78 is 25.4. The summed E-state index contributed by atoms with van der Waals surface area (Å²) in [4.78, 5) is 6.51. The molecule has 0 bridgehead atoms. The highest BCUT2D eigenvalue weighted by Crippen LogP contribution is 2.23. The molecule has 0 spiro atoms. The van der Waals surface area contributed by atoms with Crippen molar-refractivity contribution in [3.05, 3.63) is 24.0 Å². The Morgan fingerprint density at radius 2 is 2.05 bits per heavy atom. The lowest BCUT2D eigenvalue weighted by Gasteiger charge is -2.37. The first-order valence-corrected chi connectivity index (χ1v) is 8.68. The zero-order valence-corrected chi connectivity index (χ0v) is 13.2. The third-order valence-corrected chi connectivity index (χ3v) is 5.93. The third kappa shape index (κ3) is 3.30. The molecule has 0 amide bonds. The highest BCUT2D eigenvalue weighted by Gasteiger charge is 2.28. The molecule has 0 radical (unpaired) electrons. The van der Waals surface area contributed by atoms with Crippen LogP contribution < -0.4 is 4.90 Å². The SMILES string of the molecule is CCS(=O)(=O)N(C)C1CCN(c2ccnc(C)c2)CC1. The first-order chi connectivity index (χ1) is 9.44. The summed E-state index contributed by atoms with van der Waals surface area (Å²) in [6.45, 7) is 5.45. The summed E-state index contributed by atoms with van der Waals surface area (Å²) >= 11 is 0. The summed E-state index contributed by atoms with van der Waals surface area (Å²) in [5.74, 6) is 0.174. The molecule has 5 nitrogen and oxygen atoms in total. The molecule has 1 aliphatic heterocycles. The van der Waals surface area contributed by atoms with Gasteiger partial charge < -0.3 is 4.90 Å². The maximum atomic E-state index is 11.9. The number of anilines is 1. The predicted octanol–water partition coefficient (Wildman–Crippen LogP) is 1.64. The summed E-state index contributed by atoms with van der Waals surface area (Å²) in [6.07, 6.45) is 3.57. The zero-order chi connectivity index (χ0) is 14.8. The molecule has 2 heterocycles. The summed E-state index contributed by atoms with van der Waals surface area (Å²) in [5, 5.41) is 0. The fraction of sp³-hybridized carbons (Fsp3) is 0.643. The van der Waals surface area contributed by atoms with Gasteiger partial charge in [0.2, 0.25) is 10.0 Å². The molecule has 0 aliphatic carbocycles. The van der Waals surface area contributed by atoms with Crippen LogP contribution in [0.2, 0.25) is 0 Å². The van der Waals surface area contributed by atoms with E-state index in [0.29, 0.717) is 0 Å². The molecule has 1 fully saturated rings. The number of rotatable bonds is 4. The molecule has 1 aromatic rings. The van der Waals surface area contributed by atoms with E-state index in [4.69, 9.17) is 0 Å². The Labute approximate surface area is 121 Å². The van der Waals surface area contributed by atoms with Gasteiger partial charge in [-0.15, -0.1) is 0 Å². The van der Waals surface area contributed by atoms with E-state index in [1.807, 2.05) is 19.2 Å². The Bertz CT molecular complexity index is 551. The molecule has 2 rings (SSSR count). The smallest absolute Gasteiger partial charge is 0.213 e. The molecule has 0 unspecified atom stereocenters. The number of pyridine rings is 1. The second kappa shape index (κ2) is 6.10. The lowest BCUT2D eigenvalue weighted by Crippen LogP contribution is -2.46. The summed E-state index contributed by atoms with van der Waals surface area (Å²) in [7, 11) is -1.38. The fourth-order valence-electron chi connectivity index (χ4n) is 2.65. The molecule has 0 atom stereocenters. The normalized spacial score (nSPS) is 17.7. The van der Waals surface area contributed by atoms with Crippen LogP contribution in [0.5, 0.6) is 0 Å². The van der Waals surface area contributed by atoms with Gasteiger partial charge >= 0.3 is 0 Å². The minimum Gasteiger partial charge on any atom is -0.371 e. The number of aromatic nitrogens is 1. The van der Waals surface area contributed by atoms with E-state index in [9.17, 15) is 8.42 Å². The van der Waals surface area contributed by atoms with Crippen LogP contribution >= 0.6 is 0 Å². The Hall–Kier alpha value is -1.14. The van der Waals surface area contributed by atoms with Crippen molar-refractivity contribution in [2.75, 3.05) is 30.8 Å². The minimum absolute atomic E-state index is 0.124. The quantitative estimate of drug-likeness (QED) is 0.848. The van der Waals surface area contributed by atoms with Gasteiger partial charge in [0.1, 0.15) is 0 Å². The average Bonchev–Trinajstić information content (AvgIpc) is 2.46. The lowest BCUT2D eigenvalue weighted by molar-refractivity contribution is 0.312. The number of hydrogen-bond acceptors (Lipinski definition) is 4. The van der Waals surface area contributed by atoms with Crippen LogP contribution in [0, 0.1) is 6.92 Å². The molecule has 0 N–H and O–H groups in total. The molecule has 1 aliphatic rings. The van der Waals surface area contributed by atoms with Gasteiger partial charge in [0.05, 0.1) is 5.75 Å². The molecular formula is C14H23N3O2S. The van der Waals surface area contributed by atoms with E-state index in [1.165, 1.54) is 5.69 Å². The molecule has 0 aromatic carbocycles. The topological polar surface area (TPSA) is 53.5 Å². The minimum atomic E-state index is -3.08. The number of aryl methyl sites for hydroxylation is 1. The van der Waals surface area contributed by atoms with Crippen molar-refractivity contribution in [2.45, 2.75) is 32.7 Å². The average molecular weight is 297 g/mol. The monoisotopic (exact) mass is 297 g/mol. The highest BCUT2D eigenvalue weighted by atomic mass is 32.2. The zero-order valence-electron chi connectivity index (χ0n) is 12.4. The van der Waals surface area contributed by atoms with Gasteiger partial charge in [-0.05, 0) is 38.8 Å². The Morgan fingerprint density at radius 3 is 2.60 bits per heavy atom.